The maximum Gasteiger partial charge on any atom is 0.104 e. The minimum atomic E-state index is -0.0861. The van der Waals surface area contributed by atoms with E-state index >= 15 is 0 Å². The summed E-state index contributed by atoms with van der Waals surface area (Å²) in [7, 11) is 0. The van der Waals surface area contributed by atoms with Crippen molar-refractivity contribution in [2.24, 2.45) is 11.5 Å². The van der Waals surface area contributed by atoms with Gasteiger partial charge < -0.3 is 21.7 Å². The molecule has 0 radical (unpaired) electrons. The van der Waals surface area contributed by atoms with Gasteiger partial charge in [0.1, 0.15) is 6.61 Å². The molecule has 0 unspecified atom stereocenters. The molecule has 0 spiro atoms. The molecule has 4 nitrogen and oxygen atoms in total. The van der Waals surface area contributed by atoms with Crippen molar-refractivity contribution < 1.29 is 10.2 Å². The van der Waals surface area contributed by atoms with E-state index in [1.54, 1.807) is 12.2 Å². The molecular weight excluding hydrogens is 156 g/mol. The summed E-state index contributed by atoms with van der Waals surface area (Å²) in [6, 6.07) is 0. The average molecular weight is 172 g/mol. The molecule has 4 heteroatoms. The molecule has 0 aromatic rings. The van der Waals surface area contributed by atoms with Crippen LogP contribution in [0.1, 0.15) is 0 Å². The van der Waals surface area contributed by atoms with Crippen molar-refractivity contribution in [2.75, 3.05) is 26.3 Å². The van der Waals surface area contributed by atoms with Crippen LogP contribution in [0.2, 0.25) is 0 Å². The third kappa shape index (κ3) is 22.9. The SMILES string of the molecule is NCC#CCO.NCC=CCO. The second kappa shape index (κ2) is 16.6. The number of hydrogen-bond acceptors (Lipinski definition) is 4. The number of hydrogen-bond donors (Lipinski definition) is 4. The van der Waals surface area contributed by atoms with Gasteiger partial charge in [-0.25, -0.2) is 0 Å². The van der Waals surface area contributed by atoms with Gasteiger partial charge in [0.15, 0.2) is 0 Å². The van der Waals surface area contributed by atoms with Gasteiger partial charge in [-0.3, -0.25) is 0 Å². The molecule has 0 aliphatic carbocycles. The van der Waals surface area contributed by atoms with E-state index < -0.39 is 0 Å². The molecule has 0 aromatic carbocycles. The van der Waals surface area contributed by atoms with Gasteiger partial charge in [0.05, 0.1) is 13.2 Å². The largest absolute Gasteiger partial charge is 0.392 e. The average Bonchev–Trinajstić information content (AvgIpc) is 2.12. The fourth-order valence-corrected chi connectivity index (χ4v) is 0.299. The summed E-state index contributed by atoms with van der Waals surface area (Å²) in [5.41, 5.74) is 9.95. The van der Waals surface area contributed by atoms with Gasteiger partial charge >= 0.3 is 0 Å². The van der Waals surface area contributed by atoms with Crippen LogP contribution in [-0.2, 0) is 0 Å². The molecule has 0 amide bonds. The van der Waals surface area contributed by atoms with Crippen molar-refractivity contribution >= 4 is 0 Å². The van der Waals surface area contributed by atoms with Crippen molar-refractivity contribution in [2.45, 2.75) is 0 Å². The van der Waals surface area contributed by atoms with Crippen molar-refractivity contribution in [3.8, 4) is 11.8 Å². The van der Waals surface area contributed by atoms with Crippen LogP contribution >= 0.6 is 0 Å². The van der Waals surface area contributed by atoms with Gasteiger partial charge in [0.2, 0.25) is 0 Å². The summed E-state index contributed by atoms with van der Waals surface area (Å²) in [6.45, 7) is 0.857. The maximum atomic E-state index is 8.06. The van der Waals surface area contributed by atoms with Gasteiger partial charge in [-0.2, -0.15) is 0 Å². The van der Waals surface area contributed by atoms with Crippen LogP contribution in [-0.4, -0.2) is 36.5 Å². The van der Waals surface area contributed by atoms with Gasteiger partial charge in [0.25, 0.3) is 0 Å². The second-order valence-corrected chi connectivity index (χ2v) is 1.61. The summed E-state index contributed by atoms with van der Waals surface area (Å²) in [5, 5.41) is 16.0. The molecule has 0 bridgehead atoms. The predicted molar refractivity (Wildman–Crippen MR) is 49.2 cm³/mol. The molecule has 0 atom stereocenters. The Bertz CT molecular complexity index is 133. The number of aliphatic hydroxyl groups is 2. The zero-order valence-corrected chi connectivity index (χ0v) is 7.03. The fraction of sp³-hybridized carbons (Fsp3) is 0.500. The summed E-state index contributed by atoms with van der Waals surface area (Å²) in [4.78, 5) is 0. The lowest BCUT2D eigenvalue weighted by Crippen LogP contribution is -1.93. The molecule has 0 heterocycles. The highest BCUT2D eigenvalue weighted by Gasteiger charge is 1.60. The molecule has 70 valence electrons. The monoisotopic (exact) mass is 172 g/mol. The highest BCUT2D eigenvalue weighted by Crippen LogP contribution is 1.61. The highest BCUT2D eigenvalue weighted by molar-refractivity contribution is 4.99. The van der Waals surface area contributed by atoms with Crippen molar-refractivity contribution in [3.05, 3.63) is 12.2 Å². The summed E-state index contributed by atoms with van der Waals surface area (Å²) in [6.07, 6.45) is 3.32. The topological polar surface area (TPSA) is 92.5 Å². The molecular formula is C8H16N2O2. The lowest BCUT2D eigenvalue weighted by atomic mass is 10.5. The van der Waals surface area contributed by atoms with Crippen LogP contribution in [0.5, 0.6) is 0 Å². The smallest absolute Gasteiger partial charge is 0.104 e. The van der Waals surface area contributed by atoms with Crippen molar-refractivity contribution in [1.82, 2.24) is 0 Å². The molecule has 12 heavy (non-hydrogen) atoms. The molecule has 0 aliphatic heterocycles. The van der Waals surface area contributed by atoms with E-state index in [0.717, 1.165) is 0 Å². The Balaban J connectivity index is 0. The van der Waals surface area contributed by atoms with Crippen LogP contribution in [0.15, 0.2) is 12.2 Å². The van der Waals surface area contributed by atoms with Crippen LogP contribution in [0.4, 0.5) is 0 Å². The van der Waals surface area contributed by atoms with E-state index in [9.17, 15) is 0 Å². The predicted octanol–water partition coefficient (Wildman–Crippen LogP) is -1.57. The minimum absolute atomic E-state index is 0.0861. The Morgan fingerprint density at radius 3 is 1.92 bits per heavy atom. The molecule has 0 saturated heterocycles. The lowest BCUT2D eigenvalue weighted by molar-refractivity contribution is 0.342. The quantitative estimate of drug-likeness (QED) is 0.299. The first-order valence-electron chi connectivity index (χ1n) is 3.56. The highest BCUT2D eigenvalue weighted by atomic mass is 16.3. The lowest BCUT2D eigenvalue weighted by Gasteiger charge is -1.73. The molecule has 0 fully saturated rings. The van der Waals surface area contributed by atoms with Crippen LogP contribution in [0.3, 0.4) is 0 Å². The second-order valence-electron chi connectivity index (χ2n) is 1.61. The first kappa shape index (κ1) is 13.7. The zero-order chi connectivity index (χ0) is 9.66. The molecule has 0 rings (SSSR count). The van der Waals surface area contributed by atoms with E-state index in [1.807, 2.05) is 0 Å². The fourth-order valence-electron chi connectivity index (χ4n) is 0.299. The number of aliphatic hydroxyl groups excluding tert-OH is 2. The van der Waals surface area contributed by atoms with Gasteiger partial charge in [-0.1, -0.05) is 24.0 Å². The van der Waals surface area contributed by atoms with Crippen LogP contribution < -0.4 is 11.5 Å². The number of rotatable bonds is 2. The Morgan fingerprint density at radius 1 is 1.08 bits per heavy atom. The minimum Gasteiger partial charge on any atom is -0.392 e. The van der Waals surface area contributed by atoms with E-state index in [0.29, 0.717) is 13.1 Å². The normalized spacial score (nSPS) is 8.33. The van der Waals surface area contributed by atoms with Gasteiger partial charge in [-0.05, 0) is 0 Å². The van der Waals surface area contributed by atoms with Crippen LogP contribution in [0, 0.1) is 11.8 Å². The molecule has 0 aliphatic rings. The Labute approximate surface area is 72.9 Å². The van der Waals surface area contributed by atoms with Crippen LogP contribution in [0.25, 0.3) is 0 Å². The molecule has 6 N–H and O–H groups in total. The van der Waals surface area contributed by atoms with Crippen molar-refractivity contribution in [3.63, 3.8) is 0 Å². The third-order valence-electron chi connectivity index (χ3n) is 0.714. The van der Waals surface area contributed by atoms with E-state index in [4.69, 9.17) is 21.7 Å². The maximum absolute atomic E-state index is 8.06. The Morgan fingerprint density at radius 2 is 1.75 bits per heavy atom. The van der Waals surface area contributed by atoms with E-state index in [-0.39, 0.29) is 13.2 Å². The van der Waals surface area contributed by atoms with Gasteiger partial charge in [-0.15, -0.1) is 0 Å². The van der Waals surface area contributed by atoms with E-state index in [2.05, 4.69) is 11.8 Å². The third-order valence-corrected chi connectivity index (χ3v) is 0.714. The van der Waals surface area contributed by atoms with E-state index in [1.165, 1.54) is 0 Å². The Hall–Kier alpha value is -0.860. The van der Waals surface area contributed by atoms with Gasteiger partial charge in [0, 0.05) is 6.54 Å². The summed E-state index contributed by atoms with van der Waals surface area (Å²) in [5.74, 6) is 4.85. The number of nitrogens with two attached hydrogens (primary N) is 2. The molecule has 0 saturated carbocycles. The standard InChI is InChI=1S/C4H9NO.C4H7NO/c2*5-3-1-2-4-6/h1-2,6H,3-5H2;6H,3-5H2. The first-order valence-corrected chi connectivity index (χ1v) is 3.56. The summed E-state index contributed by atoms with van der Waals surface area (Å²) < 4.78 is 0. The summed E-state index contributed by atoms with van der Waals surface area (Å²) >= 11 is 0. The zero-order valence-electron chi connectivity index (χ0n) is 7.03. The Kier molecular flexibility index (Phi) is 19.0. The first-order chi connectivity index (χ1) is 5.83. The van der Waals surface area contributed by atoms with Crippen molar-refractivity contribution in [1.29, 1.82) is 0 Å². The molecule has 0 aromatic heterocycles.